The second-order valence-electron chi connectivity index (χ2n) is 3.56. The molecule has 0 aromatic heterocycles. The van der Waals surface area contributed by atoms with Crippen molar-refractivity contribution in [1.29, 1.82) is 0 Å². The molecule has 0 heterocycles. The fourth-order valence-corrected chi connectivity index (χ4v) is 0. The topological polar surface area (TPSA) is 52.7 Å². The van der Waals surface area contributed by atoms with Gasteiger partial charge in [-0.15, -0.1) is 0 Å². The van der Waals surface area contributed by atoms with Crippen LogP contribution in [0.15, 0.2) is 0 Å². The number of carbonyl (C=O) groups excluding carboxylic acids is 2. The molecule has 1 N–H and O–H groups in total. The van der Waals surface area contributed by atoms with Crippen molar-refractivity contribution in [2.24, 2.45) is 0 Å². The quantitative estimate of drug-likeness (QED) is 0.625. The minimum absolute atomic E-state index is 0.00463. The van der Waals surface area contributed by atoms with Gasteiger partial charge in [0.05, 0.1) is 0 Å². The van der Waals surface area contributed by atoms with Gasteiger partial charge >= 0.3 is 0 Å². The number of amides is 2. The number of nitrogens with one attached hydrogen (secondary N) is 1. The van der Waals surface area contributed by atoms with E-state index in [4.69, 9.17) is 0 Å². The van der Waals surface area contributed by atoms with Crippen molar-refractivity contribution < 1.29 is 9.59 Å². The lowest BCUT2D eigenvalue weighted by Gasteiger charge is -2.02. The zero-order valence-electron chi connectivity index (χ0n) is 11.2. The lowest BCUT2D eigenvalue weighted by molar-refractivity contribution is -0.126. The number of hydrogen-bond donors (Lipinski definition) is 1. The van der Waals surface area contributed by atoms with Crippen LogP contribution in [0, 0.1) is 0 Å². The van der Waals surface area contributed by atoms with Crippen molar-refractivity contribution in [2.45, 2.75) is 13.8 Å². The average molecular weight is 219 g/mol. The maximum Gasteiger partial charge on any atom is 0.218 e. The predicted octanol–water partition coefficient (Wildman–Crippen LogP) is 0.0246. The van der Waals surface area contributed by atoms with Gasteiger partial charge in [-0.1, -0.05) is 0 Å². The Morgan fingerprint density at radius 3 is 1.07 bits per heavy atom. The van der Waals surface area contributed by atoms with Crippen molar-refractivity contribution in [2.75, 3.05) is 42.3 Å². The summed E-state index contributed by atoms with van der Waals surface area (Å²) in [6.45, 7) is 3.00. The van der Waals surface area contributed by atoms with Crippen LogP contribution in [-0.2, 0) is 9.59 Å². The van der Waals surface area contributed by atoms with E-state index in [-0.39, 0.29) is 11.8 Å². The van der Waals surface area contributed by atoms with Crippen LogP contribution >= 0.6 is 0 Å². The highest BCUT2D eigenvalue weighted by molar-refractivity contribution is 5.72. The van der Waals surface area contributed by atoms with Crippen molar-refractivity contribution in [3.05, 3.63) is 0 Å². The molecule has 0 bridgehead atoms. The molecule has 0 aliphatic heterocycles. The molecule has 92 valence electrons. The van der Waals surface area contributed by atoms with Crippen molar-refractivity contribution in [1.82, 2.24) is 15.1 Å². The van der Waals surface area contributed by atoms with Gasteiger partial charge in [-0.05, 0) is 21.1 Å². The van der Waals surface area contributed by atoms with E-state index in [2.05, 4.69) is 5.32 Å². The molecule has 0 aromatic carbocycles. The Bertz CT molecular complexity index is 165. The van der Waals surface area contributed by atoms with E-state index in [9.17, 15) is 9.59 Å². The van der Waals surface area contributed by atoms with Gasteiger partial charge in [-0.3, -0.25) is 9.59 Å². The van der Waals surface area contributed by atoms with Crippen LogP contribution in [0.3, 0.4) is 0 Å². The Morgan fingerprint density at radius 2 is 1.07 bits per heavy atom. The van der Waals surface area contributed by atoms with E-state index in [1.165, 1.54) is 18.7 Å². The second kappa shape index (κ2) is 12.9. The Balaban J connectivity index is -0.000000147. The number of rotatable bonds is 0. The monoisotopic (exact) mass is 219 g/mol. The molecule has 0 radical (unpaired) electrons. The largest absolute Gasteiger partial charge is 0.359 e. The smallest absolute Gasteiger partial charge is 0.218 e. The highest BCUT2D eigenvalue weighted by Gasteiger charge is 1.87. The minimum Gasteiger partial charge on any atom is -0.359 e. The summed E-state index contributed by atoms with van der Waals surface area (Å²) in [5, 5.41) is 2.39. The first kappa shape index (κ1) is 19.5. The summed E-state index contributed by atoms with van der Waals surface area (Å²) in [7, 11) is 11.0. The number of nitrogens with zero attached hydrogens (tertiary/aromatic N) is 2. The van der Waals surface area contributed by atoms with Crippen molar-refractivity contribution in [3.8, 4) is 0 Å². The average Bonchev–Trinajstić information content (AvgIpc) is 2.04. The fraction of sp³-hybridized carbons (Fsp3) is 0.800. The lowest BCUT2D eigenvalue weighted by atomic mass is 10.7. The molecule has 0 fully saturated rings. The summed E-state index contributed by atoms with van der Waals surface area (Å²) in [6, 6.07) is 0. The van der Waals surface area contributed by atoms with Gasteiger partial charge in [0, 0.05) is 35.0 Å². The predicted molar refractivity (Wildman–Crippen MR) is 63.7 cm³/mol. The van der Waals surface area contributed by atoms with E-state index < -0.39 is 0 Å². The third kappa shape index (κ3) is 63.8. The molecular weight excluding hydrogens is 194 g/mol. The summed E-state index contributed by atoms with van der Waals surface area (Å²) in [5.74, 6) is 0.0972. The third-order valence-electron chi connectivity index (χ3n) is 0.982. The molecule has 0 saturated heterocycles. The van der Waals surface area contributed by atoms with Gasteiger partial charge in [0.25, 0.3) is 0 Å². The Hall–Kier alpha value is -1.10. The van der Waals surface area contributed by atoms with E-state index in [1.54, 1.807) is 21.1 Å². The highest BCUT2D eigenvalue weighted by Crippen LogP contribution is 1.69. The SMILES string of the molecule is CC(=O)N(C)C.CN(C)C.CNC(C)=O. The molecule has 0 rings (SSSR count). The Kier molecular flexibility index (Phi) is 16.7. The minimum atomic E-state index is 0.00463. The lowest BCUT2D eigenvalue weighted by Crippen LogP contribution is -2.17. The summed E-state index contributed by atoms with van der Waals surface area (Å²) in [4.78, 5) is 23.3. The summed E-state index contributed by atoms with van der Waals surface area (Å²) in [5.41, 5.74) is 0. The molecule has 2 amide bonds. The van der Waals surface area contributed by atoms with Crippen molar-refractivity contribution >= 4 is 11.8 Å². The number of hydrogen-bond acceptors (Lipinski definition) is 3. The van der Waals surface area contributed by atoms with Gasteiger partial charge in [-0.2, -0.15) is 0 Å². The first-order valence-electron chi connectivity index (χ1n) is 4.62. The third-order valence-corrected chi connectivity index (χ3v) is 0.982. The molecule has 15 heavy (non-hydrogen) atoms. The zero-order valence-corrected chi connectivity index (χ0v) is 11.2. The molecule has 5 heteroatoms. The first-order chi connectivity index (χ1) is 6.64. The molecular formula is C10H25N3O2. The molecule has 0 unspecified atom stereocenters. The standard InChI is InChI=1S/C4H9NO.C3H7NO.C3H9N/c1-4(6)5(2)3;1-3(5)4-2;1-4(2)3/h1-3H3;1-2H3,(H,4,5);1-3H3. The molecule has 0 saturated carbocycles. The summed E-state index contributed by atoms with van der Waals surface area (Å²) in [6.07, 6.45) is 0. The van der Waals surface area contributed by atoms with Crippen LogP contribution in [-0.4, -0.2) is 63.9 Å². The van der Waals surface area contributed by atoms with Crippen LogP contribution in [0.1, 0.15) is 13.8 Å². The zero-order chi connectivity index (χ0) is 13.0. The normalized spacial score (nSPS) is 7.80. The maximum absolute atomic E-state index is 10.1. The molecule has 5 nitrogen and oxygen atoms in total. The molecule has 0 aliphatic rings. The Labute approximate surface area is 93.4 Å². The van der Waals surface area contributed by atoms with Crippen LogP contribution < -0.4 is 5.32 Å². The Morgan fingerprint density at radius 1 is 0.933 bits per heavy atom. The first-order valence-corrected chi connectivity index (χ1v) is 4.62. The van der Waals surface area contributed by atoms with Crippen LogP contribution in [0.25, 0.3) is 0 Å². The van der Waals surface area contributed by atoms with Gasteiger partial charge in [0.2, 0.25) is 11.8 Å². The molecule has 0 aliphatic carbocycles. The molecule has 0 atom stereocenters. The maximum atomic E-state index is 10.1. The highest BCUT2D eigenvalue weighted by atomic mass is 16.2. The molecule has 0 spiro atoms. The van der Waals surface area contributed by atoms with Crippen LogP contribution in [0.2, 0.25) is 0 Å². The van der Waals surface area contributed by atoms with E-state index >= 15 is 0 Å². The van der Waals surface area contributed by atoms with E-state index in [0.29, 0.717) is 0 Å². The van der Waals surface area contributed by atoms with Crippen molar-refractivity contribution in [3.63, 3.8) is 0 Å². The van der Waals surface area contributed by atoms with E-state index in [0.717, 1.165) is 0 Å². The van der Waals surface area contributed by atoms with Gasteiger partial charge < -0.3 is 15.1 Å². The van der Waals surface area contributed by atoms with Gasteiger partial charge in [0.1, 0.15) is 0 Å². The molecule has 0 aromatic rings. The number of carbonyl (C=O) groups is 2. The summed E-state index contributed by atoms with van der Waals surface area (Å²) >= 11 is 0. The van der Waals surface area contributed by atoms with Crippen LogP contribution in [0.4, 0.5) is 0 Å². The summed E-state index contributed by atoms with van der Waals surface area (Å²) < 4.78 is 0. The second-order valence-corrected chi connectivity index (χ2v) is 3.56. The van der Waals surface area contributed by atoms with Crippen LogP contribution in [0.5, 0.6) is 0 Å². The van der Waals surface area contributed by atoms with Gasteiger partial charge in [-0.25, -0.2) is 0 Å². The van der Waals surface area contributed by atoms with Gasteiger partial charge in [0.15, 0.2) is 0 Å². The fourth-order valence-electron chi connectivity index (χ4n) is 0. The van der Waals surface area contributed by atoms with E-state index in [1.807, 2.05) is 26.0 Å².